The fourth-order valence-corrected chi connectivity index (χ4v) is 6.08. The number of allylic oxidation sites excluding steroid dienone is 1. The molecule has 5 rings (SSSR count). The fourth-order valence-electron chi connectivity index (χ4n) is 5.12. The Bertz CT molecular complexity index is 1780. The van der Waals surface area contributed by atoms with Crippen LogP contribution in [-0.2, 0) is 38.3 Å². The van der Waals surface area contributed by atoms with E-state index in [1.165, 1.54) is 7.11 Å². The number of nitrogens with two attached hydrogens (primary N) is 1. The number of halogens is 3. The van der Waals surface area contributed by atoms with Gasteiger partial charge in [-0.2, -0.15) is 30.9 Å². The molecule has 3 aromatic rings. The third-order valence-electron chi connectivity index (χ3n) is 7.15. The molecule has 3 heterocycles. The van der Waals surface area contributed by atoms with Gasteiger partial charge in [-0.25, -0.2) is 4.79 Å². The van der Waals surface area contributed by atoms with Gasteiger partial charge in [-0.1, -0.05) is 65.8 Å². The van der Waals surface area contributed by atoms with E-state index in [1.807, 2.05) is 0 Å². The molecule has 46 heavy (non-hydrogen) atoms. The largest absolute Gasteiger partial charge is 0.534 e. The minimum Gasteiger partial charge on any atom is -0.448 e. The number of rotatable bonds is 11. The lowest BCUT2D eigenvalue weighted by molar-refractivity contribution is -0.163. The van der Waals surface area contributed by atoms with Crippen LogP contribution >= 0.6 is 11.5 Å². The number of β-lactam (4-membered cyclic amide) rings is 1. The molecule has 2 aliphatic rings. The predicted molar refractivity (Wildman–Crippen MR) is 155 cm³/mol. The van der Waals surface area contributed by atoms with Crippen LogP contribution in [0.4, 0.5) is 18.3 Å². The third kappa shape index (κ3) is 6.43. The van der Waals surface area contributed by atoms with Crippen LogP contribution < -0.4 is 5.73 Å². The normalized spacial score (nSPS) is 18.6. The lowest BCUT2D eigenvalue weighted by atomic mass is 9.77. The monoisotopic (exact) mass is 679 g/mol. The number of carbonyl (C=O) groups is 3. The van der Waals surface area contributed by atoms with Crippen LogP contribution in [0.2, 0.25) is 0 Å². The maximum absolute atomic E-state index is 13.8. The van der Waals surface area contributed by atoms with Gasteiger partial charge in [0.2, 0.25) is 11.7 Å². The average Bonchev–Trinajstić information content (AvgIpc) is 3.46. The molecule has 18 heteroatoms. The first-order valence-electron chi connectivity index (χ1n) is 13.4. The van der Waals surface area contributed by atoms with Crippen molar-refractivity contribution in [2.75, 3.05) is 12.8 Å². The zero-order chi connectivity index (χ0) is 33.2. The molecule has 0 radical (unpaired) electrons. The number of Topliss-reactive ketones (excluding diaryl/α,β-unsaturated/α-hetero) is 1. The van der Waals surface area contributed by atoms with Gasteiger partial charge in [0.05, 0.1) is 5.92 Å². The summed E-state index contributed by atoms with van der Waals surface area (Å²) in [6.07, 6.45) is -2.19. The zero-order valence-corrected chi connectivity index (χ0v) is 25.3. The number of anilines is 1. The highest BCUT2D eigenvalue weighted by Crippen LogP contribution is 2.44. The second kappa shape index (κ2) is 12.9. The van der Waals surface area contributed by atoms with Gasteiger partial charge in [-0.3, -0.25) is 14.5 Å². The SMILES string of the molecule is CO/N=C(/C(=O)C[C@@H]1C(=O)N2C(C(=O)OC(c3ccccc3)c3ccccc3)=C(OS(=O)(=O)C(F)(F)F)CC[C@H]12)c1nsc(N)n1. The lowest BCUT2D eigenvalue weighted by Gasteiger charge is -2.50. The summed E-state index contributed by atoms with van der Waals surface area (Å²) in [6, 6.07) is 15.8. The molecule has 13 nitrogen and oxygen atoms in total. The number of nitrogen functional groups attached to an aromatic ring is 1. The molecular weight excluding hydrogens is 655 g/mol. The van der Waals surface area contributed by atoms with E-state index >= 15 is 0 Å². The number of ketones is 1. The first-order valence-corrected chi connectivity index (χ1v) is 15.6. The van der Waals surface area contributed by atoms with Crippen molar-refractivity contribution in [3.8, 4) is 0 Å². The highest BCUT2D eigenvalue weighted by molar-refractivity contribution is 7.87. The van der Waals surface area contributed by atoms with Gasteiger partial charge in [-0.15, -0.1) is 0 Å². The van der Waals surface area contributed by atoms with Gasteiger partial charge in [0, 0.05) is 30.4 Å². The molecule has 0 spiro atoms. The average molecular weight is 680 g/mol. The van der Waals surface area contributed by atoms with Crippen molar-refractivity contribution >= 4 is 50.2 Å². The molecule has 242 valence electrons. The molecule has 2 N–H and O–H groups in total. The quantitative estimate of drug-likeness (QED) is 0.0783. The molecule has 1 saturated heterocycles. The number of esters is 1. The summed E-state index contributed by atoms with van der Waals surface area (Å²) in [6.45, 7) is 0. The minimum absolute atomic E-state index is 0.0451. The number of aromatic nitrogens is 2. The van der Waals surface area contributed by atoms with E-state index in [1.54, 1.807) is 60.7 Å². The van der Waals surface area contributed by atoms with Crippen molar-refractivity contribution in [1.29, 1.82) is 0 Å². The molecule has 1 amide bonds. The molecular formula is C28H24F3N5O8S2. The van der Waals surface area contributed by atoms with Gasteiger partial charge in [0.1, 0.15) is 7.11 Å². The Morgan fingerprint density at radius 3 is 2.24 bits per heavy atom. The molecule has 0 aliphatic carbocycles. The number of amides is 1. The second-order valence-electron chi connectivity index (χ2n) is 9.99. The van der Waals surface area contributed by atoms with Crippen LogP contribution in [0.15, 0.2) is 77.3 Å². The maximum atomic E-state index is 13.8. The van der Waals surface area contributed by atoms with Crippen molar-refractivity contribution in [2.45, 2.75) is 36.9 Å². The van der Waals surface area contributed by atoms with E-state index in [-0.39, 0.29) is 23.1 Å². The predicted octanol–water partition coefficient (Wildman–Crippen LogP) is 3.46. The molecule has 0 unspecified atom stereocenters. The van der Waals surface area contributed by atoms with Crippen LogP contribution in [0.25, 0.3) is 0 Å². The van der Waals surface area contributed by atoms with Gasteiger partial charge in [0.25, 0.3) is 0 Å². The summed E-state index contributed by atoms with van der Waals surface area (Å²) in [7, 11) is -5.04. The van der Waals surface area contributed by atoms with Crippen LogP contribution in [-0.4, -0.2) is 64.7 Å². The Labute approximate surface area is 263 Å². The maximum Gasteiger partial charge on any atom is 0.534 e. The first kappa shape index (κ1) is 32.6. The Morgan fingerprint density at radius 1 is 1.11 bits per heavy atom. The molecule has 2 aromatic carbocycles. The number of oxime groups is 1. The van der Waals surface area contributed by atoms with Crippen molar-refractivity contribution in [3.63, 3.8) is 0 Å². The van der Waals surface area contributed by atoms with E-state index in [2.05, 4.69) is 18.7 Å². The second-order valence-corrected chi connectivity index (χ2v) is 12.3. The first-order chi connectivity index (χ1) is 21.8. The summed E-state index contributed by atoms with van der Waals surface area (Å²) in [4.78, 5) is 49.9. The van der Waals surface area contributed by atoms with E-state index in [0.717, 1.165) is 16.4 Å². The van der Waals surface area contributed by atoms with Crippen LogP contribution in [0.3, 0.4) is 0 Å². The van der Waals surface area contributed by atoms with Crippen molar-refractivity contribution in [1.82, 2.24) is 14.3 Å². The van der Waals surface area contributed by atoms with Crippen molar-refractivity contribution < 1.29 is 49.7 Å². The lowest BCUT2D eigenvalue weighted by Crippen LogP contribution is -2.63. The molecule has 0 bridgehead atoms. The number of hydrogen-bond acceptors (Lipinski definition) is 13. The topological polar surface area (TPSA) is 180 Å². The highest BCUT2D eigenvalue weighted by Gasteiger charge is 2.56. The number of fused-ring (bicyclic) bond motifs is 1. The summed E-state index contributed by atoms with van der Waals surface area (Å²) in [5.41, 5.74) is -0.376. The number of ether oxygens (including phenoxy) is 1. The third-order valence-corrected chi connectivity index (χ3v) is 8.68. The number of benzene rings is 2. The molecule has 0 saturated carbocycles. The molecule has 1 aromatic heterocycles. The Morgan fingerprint density at radius 2 is 1.72 bits per heavy atom. The van der Waals surface area contributed by atoms with E-state index in [0.29, 0.717) is 11.1 Å². The van der Waals surface area contributed by atoms with E-state index in [9.17, 15) is 36.0 Å². The van der Waals surface area contributed by atoms with Gasteiger partial charge in [-0.05, 0) is 17.5 Å². The van der Waals surface area contributed by atoms with Gasteiger partial charge >= 0.3 is 21.6 Å². The van der Waals surface area contributed by atoms with Crippen molar-refractivity contribution in [2.24, 2.45) is 11.1 Å². The van der Waals surface area contributed by atoms with Crippen LogP contribution in [0, 0.1) is 5.92 Å². The van der Waals surface area contributed by atoms with Crippen molar-refractivity contribution in [3.05, 3.63) is 89.1 Å². The molecule has 2 aliphatic heterocycles. The van der Waals surface area contributed by atoms with Gasteiger partial charge in [0.15, 0.2) is 34.2 Å². The van der Waals surface area contributed by atoms with E-state index in [4.69, 9.17) is 15.3 Å². The molecule has 1 fully saturated rings. The Balaban J connectivity index is 1.48. The van der Waals surface area contributed by atoms with Gasteiger partial charge < -0.3 is 19.5 Å². The Kier molecular flexibility index (Phi) is 9.11. The number of carbonyl (C=O) groups excluding carboxylic acids is 3. The standard InChI is InChI=1S/C28H24F3N5O8S2/c1-42-34-21(24-33-27(32)45-35-24)19(37)14-17-18-12-13-20(44-46(40,41)28(29,30)31)22(36(18)25(17)38)26(39)43-23(15-8-4-2-5-9-15)16-10-6-3-7-11-16/h2-11,17-18,23H,12-14H2,1H3,(H2,32,33,35)/b34-21-/t17-,18+/m0/s1. The summed E-state index contributed by atoms with van der Waals surface area (Å²) < 4.78 is 78.0. The summed E-state index contributed by atoms with van der Waals surface area (Å²) in [5.74, 6) is -4.98. The smallest absolute Gasteiger partial charge is 0.448 e. The fraction of sp³-hybridized carbons (Fsp3) is 0.286. The van der Waals surface area contributed by atoms with Crippen LogP contribution in [0.1, 0.15) is 42.3 Å². The number of alkyl halides is 3. The van der Waals surface area contributed by atoms with Crippen LogP contribution in [0.5, 0.6) is 0 Å². The summed E-state index contributed by atoms with van der Waals surface area (Å²) >= 11 is 0.797. The zero-order valence-electron chi connectivity index (χ0n) is 23.7. The Hall–Kier alpha value is -4.84. The minimum atomic E-state index is -6.22. The number of hydrogen-bond donors (Lipinski definition) is 1. The highest BCUT2D eigenvalue weighted by atomic mass is 32.2. The summed E-state index contributed by atoms with van der Waals surface area (Å²) in [5, 5.41) is 3.69. The van der Waals surface area contributed by atoms with E-state index < -0.39 is 75.6 Å². The number of nitrogens with zero attached hydrogens (tertiary/aromatic N) is 4. The molecule has 2 atom stereocenters.